The van der Waals surface area contributed by atoms with Crippen LogP contribution in [-0.2, 0) is 16.6 Å². The fourth-order valence-corrected chi connectivity index (χ4v) is 4.45. The monoisotopic (exact) mass is 468 g/mol. The number of ether oxygens (including phenoxy) is 2. The Morgan fingerprint density at radius 2 is 1.52 bits per heavy atom. The molecule has 0 aromatic heterocycles. The van der Waals surface area contributed by atoms with Crippen LogP contribution >= 0.6 is 0 Å². The number of rotatable bonds is 10. The summed E-state index contributed by atoms with van der Waals surface area (Å²) in [4.78, 5) is 13.2. The maximum Gasteiger partial charge on any atom is 0.255 e. The van der Waals surface area contributed by atoms with Gasteiger partial charge < -0.3 is 14.8 Å². The SMILES string of the molecule is CCOc1ccc(C(=O)Nc2ccccc2OCC)cc1CN(C)S(=O)(=O)c1ccccc1. The van der Waals surface area contributed by atoms with Gasteiger partial charge in [0, 0.05) is 24.7 Å². The number of carbonyl (C=O) groups excluding carboxylic acids is 1. The predicted octanol–water partition coefficient (Wildman–Crippen LogP) is 4.56. The Hall–Kier alpha value is -3.36. The number of sulfonamides is 1. The number of amides is 1. The van der Waals surface area contributed by atoms with E-state index in [1.54, 1.807) is 60.7 Å². The lowest BCUT2D eigenvalue weighted by Gasteiger charge is -2.20. The fraction of sp³-hybridized carbons (Fsp3) is 0.240. The highest BCUT2D eigenvalue weighted by Crippen LogP contribution is 2.27. The van der Waals surface area contributed by atoms with Crippen molar-refractivity contribution >= 4 is 21.6 Å². The number of hydrogen-bond acceptors (Lipinski definition) is 5. The second-order valence-corrected chi connectivity index (χ2v) is 9.26. The molecule has 0 saturated heterocycles. The first kappa shape index (κ1) is 24.3. The number of nitrogens with one attached hydrogen (secondary N) is 1. The summed E-state index contributed by atoms with van der Waals surface area (Å²) in [7, 11) is -2.20. The first-order chi connectivity index (χ1) is 15.9. The molecule has 0 atom stereocenters. The average molecular weight is 469 g/mol. The lowest BCUT2D eigenvalue weighted by Crippen LogP contribution is -2.27. The van der Waals surface area contributed by atoms with E-state index in [2.05, 4.69) is 5.32 Å². The number of nitrogens with zero attached hydrogens (tertiary/aromatic N) is 1. The maximum atomic E-state index is 13.0. The summed E-state index contributed by atoms with van der Waals surface area (Å²) in [6.45, 7) is 4.65. The Kier molecular flexibility index (Phi) is 8.08. The van der Waals surface area contributed by atoms with Gasteiger partial charge in [0.15, 0.2) is 0 Å². The molecule has 0 aliphatic rings. The average Bonchev–Trinajstić information content (AvgIpc) is 2.82. The molecule has 1 amide bonds. The van der Waals surface area contributed by atoms with E-state index in [-0.39, 0.29) is 17.3 Å². The molecular weight excluding hydrogens is 440 g/mol. The van der Waals surface area contributed by atoms with Crippen LogP contribution in [0, 0.1) is 0 Å². The van der Waals surface area contributed by atoms with E-state index >= 15 is 0 Å². The summed E-state index contributed by atoms with van der Waals surface area (Å²) >= 11 is 0. The van der Waals surface area contributed by atoms with Gasteiger partial charge in [0.1, 0.15) is 11.5 Å². The molecule has 1 N–H and O–H groups in total. The van der Waals surface area contributed by atoms with Crippen molar-refractivity contribution in [2.75, 3.05) is 25.6 Å². The molecule has 0 heterocycles. The van der Waals surface area contributed by atoms with Crippen LogP contribution < -0.4 is 14.8 Å². The molecule has 8 heteroatoms. The quantitative estimate of drug-likeness (QED) is 0.472. The topological polar surface area (TPSA) is 84.9 Å². The van der Waals surface area contributed by atoms with E-state index in [4.69, 9.17) is 9.47 Å². The normalized spacial score (nSPS) is 11.3. The number of benzene rings is 3. The van der Waals surface area contributed by atoms with Crippen molar-refractivity contribution in [2.45, 2.75) is 25.3 Å². The molecule has 0 spiro atoms. The van der Waals surface area contributed by atoms with Gasteiger partial charge in [-0.3, -0.25) is 4.79 Å². The van der Waals surface area contributed by atoms with Gasteiger partial charge in [0.2, 0.25) is 10.0 Å². The number of anilines is 1. The molecule has 3 aromatic rings. The summed E-state index contributed by atoms with van der Waals surface area (Å²) in [5.74, 6) is 0.770. The van der Waals surface area contributed by atoms with Gasteiger partial charge in [-0.15, -0.1) is 0 Å². The van der Waals surface area contributed by atoms with E-state index in [1.165, 1.54) is 11.4 Å². The van der Waals surface area contributed by atoms with Crippen molar-refractivity contribution in [3.05, 3.63) is 83.9 Å². The minimum atomic E-state index is -3.70. The van der Waals surface area contributed by atoms with Gasteiger partial charge >= 0.3 is 0 Å². The molecule has 0 radical (unpaired) electrons. The zero-order valence-electron chi connectivity index (χ0n) is 18.9. The lowest BCUT2D eigenvalue weighted by atomic mass is 10.1. The smallest absolute Gasteiger partial charge is 0.255 e. The molecule has 33 heavy (non-hydrogen) atoms. The number of hydrogen-bond donors (Lipinski definition) is 1. The van der Waals surface area contributed by atoms with Gasteiger partial charge in [-0.2, -0.15) is 4.31 Å². The summed E-state index contributed by atoms with van der Waals surface area (Å²) < 4.78 is 38.4. The Balaban J connectivity index is 1.87. The molecule has 0 fully saturated rings. The van der Waals surface area contributed by atoms with Crippen molar-refractivity contribution < 1.29 is 22.7 Å². The van der Waals surface area contributed by atoms with Gasteiger partial charge in [0.25, 0.3) is 5.91 Å². The Labute approximate surface area is 195 Å². The second kappa shape index (κ2) is 11.0. The molecule has 0 aliphatic carbocycles. The standard InChI is InChI=1S/C25H28N2O5S/c1-4-31-23-16-15-19(25(28)26-22-13-9-10-14-24(22)32-5-2)17-20(23)18-27(3)33(29,30)21-11-7-6-8-12-21/h6-17H,4-5,18H2,1-3H3,(H,26,28). The van der Waals surface area contributed by atoms with E-state index in [0.717, 1.165) is 0 Å². The lowest BCUT2D eigenvalue weighted by molar-refractivity contribution is 0.102. The van der Waals surface area contributed by atoms with Crippen molar-refractivity contribution in [1.29, 1.82) is 0 Å². The Bertz CT molecular complexity index is 1200. The zero-order chi connectivity index (χ0) is 23.8. The Morgan fingerprint density at radius 3 is 2.21 bits per heavy atom. The number of para-hydroxylation sites is 2. The fourth-order valence-electron chi connectivity index (χ4n) is 3.28. The third-order valence-corrected chi connectivity index (χ3v) is 6.72. The van der Waals surface area contributed by atoms with Crippen LogP contribution in [0.25, 0.3) is 0 Å². The van der Waals surface area contributed by atoms with Crippen LogP contribution in [0.2, 0.25) is 0 Å². The third-order valence-electron chi connectivity index (χ3n) is 4.90. The molecular formula is C25H28N2O5S. The first-order valence-electron chi connectivity index (χ1n) is 10.7. The largest absolute Gasteiger partial charge is 0.494 e. The minimum absolute atomic E-state index is 0.0449. The van der Waals surface area contributed by atoms with Gasteiger partial charge in [-0.05, 0) is 56.3 Å². The van der Waals surface area contributed by atoms with E-state index in [9.17, 15) is 13.2 Å². The van der Waals surface area contributed by atoms with Gasteiger partial charge in [-0.25, -0.2) is 8.42 Å². The van der Waals surface area contributed by atoms with Crippen molar-refractivity contribution in [1.82, 2.24) is 4.31 Å². The second-order valence-electron chi connectivity index (χ2n) is 7.21. The summed E-state index contributed by atoms with van der Waals surface area (Å²) in [6, 6.07) is 20.4. The van der Waals surface area contributed by atoms with Crippen LogP contribution in [0.1, 0.15) is 29.8 Å². The van der Waals surface area contributed by atoms with Crippen LogP contribution in [0.15, 0.2) is 77.7 Å². The molecule has 7 nitrogen and oxygen atoms in total. The van der Waals surface area contributed by atoms with E-state index < -0.39 is 10.0 Å². The van der Waals surface area contributed by atoms with Crippen LogP contribution in [0.3, 0.4) is 0 Å². The van der Waals surface area contributed by atoms with Gasteiger partial charge in [0.05, 0.1) is 23.8 Å². The molecule has 0 bridgehead atoms. The molecule has 174 valence electrons. The van der Waals surface area contributed by atoms with Crippen molar-refractivity contribution in [3.8, 4) is 11.5 Å². The van der Waals surface area contributed by atoms with Crippen LogP contribution in [0.5, 0.6) is 11.5 Å². The molecule has 3 rings (SSSR count). The Morgan fingerprint density at radius 1 is 0.879 bits per heavy atom. The highest BCUT2D eigenvalue weighted by molar-refractivity contribution is 7.89. The minimum Gasteiger partial charge on any atom is -0.494 e. The van der Waals surface area contributed by atoms with Crippen molar-refractivity contribution in [3.63, 3.8) is 0 Å². The van der Waals surface area contributed by atoms with E-state index in [1.807, 2.05) is 26.0 Å². The van der Waals surface area contributed by atoms with Crippen LogP contribution in [-0.4, -0.2) is 38.9 Å². The zero-order valence-corrected chi connectivity index (χ0v) is 19.8. The number of carbonyl (C=O) groups is 1. The highest BCUT2D eigenvalue weighted by Gasteiger charge is 2.22. The maximum absolute atomic E-state index is 13.0. The molecule has 3 aromatic carbocycles. The first-order valence-corrected chi connectivity index (χ1v) is 12.1. The molecule has 0 saturated carbocycles. The summed E-state index contributed by atoms with van der Waals surface area (Å²) in [5.41, 5.74) is 1.53. The predicted molar refractivity (Wildman–Crippen MR) is 128 cm³/mol. The molecule has 0 aliphatic heterocycles. The molecule has 0 unspecified atom stereocenters. The van der Waals surface area contributed by atoms with Crippen molar-refractivity contribution in [2.24, 2.45) is 0 Å². The van der Waals surface area contributed by atoms with Crippen LogP contribution in [0.4, 0.5) is 5.69 Å². The summed E-state index contributed by atoms with van der Waals surface area (Å²) in [6.07, 6.45) is 0. The van der Waals surface area contributed by atoms with E-state index in [0.29, 0.717) is 41.5 Å². The third kappa shape index (κ3) is 5.91. The van der Waals surface area contributed by atoms with Gasteiger partial charge in [-0.1, -0.05) is 30.3 Å². The highest BCUT2D eigenvalue weighted by atomic mass is 32.2. The summed E-state index contributed by atoms with van der Waals surface area (Å²) in [5, 5.41) is 2.86.